The minimum Gasteiger partial charge on any atom is -0.465 e. The number of carbonyl (C=O) groups is 2. The quantitative estimate of drug-likeness (QED) is 0.0863. The summed E-state index contributed by atoms with van der Waals surface area (Å²) in [6.07, 6.45) is 2.74. The summed E-state index contributed by atoms with van der Waals surface area (Å²) < 4.78 is 47.1. The number of ether oxygens (including phenoxy) is 1. The van der Waals surface area contributed by atoms with Crippen LogP contribution in [0.1, 0.15) is 49.0 Å². The lowest BCUT2D eigenvalue weighted by Gasteiger charge is -2.13. The van der Waals surface area contributed by atoms with Crippen LogP contribution in [0.3, 0.4) is 0 Å². The third-order valence-electron chi connectivity index (χ3n) is 3.82. The second-order valence-electron chi connectivity index (χ2n) is 5.97. The Morgan fingerprint density at radius 3 is 2.36 bits per heavy atom. The number of Topliss-reactive ketones (excluding diaryl/α,β-unsaturated/α-hetero) is 1. The van der Waals surface area contributed by atoms with Gasteiger partial charge in [-0.25, -0.2) is 8.78 Å². The molecule has 1 aromatic carbocycles. The number of ketones is 1. The van der Waals surface area contributed by atoms with Gasteiger partial charge in [0.1, 0.15) is 11.4 Å². The van der Waals surface area contributed by atoms with Crippen molar-refractivity contribution in [3.8, 4) is 0 Å². The van der Waals surface area contributed by atoms with Crippen molar-refractivity contribution in [3.05, 3.63) is 38.7 Å². The van der Waals surface area contributed by atoms with Crippen LogP contribution in [0.2, 0.25) is 0 Å². The summed E-state index contributed by atoms with van der Waals surface area (Å²) in [5.41, 5.74) is -3.89. The number of rotatable bonds is 10. The molecule has 1 unspecified atom stereocenters. The Labute approximate surface area is 159 Å². The average molecular weight is 402 g/mol. The van der Waals surface area contributed by atoms with E-state index in [0.717, 1.165) is 19.6 Å². The molecule has 0 spiro atoms. The summed E-state index contributed by atoms with van der Waals surface area (Å²) in [7, 11) is 0. The van der Waals surface area contributed by atoms with E-state index in [1.165, 1.54) is 0 Å². The van der Waals surface area contributed by atoms with Crippen molar-refractivity contribution >= 4 is 23.7 Å². The summed E-state index contributed by atoms with van der Waals surface area (Å²) in [6, 6.07) is 0. The molecule has 28 heavy (non-hydrogen) atoms. The van der Waals surface area contributed by atoms with E-state index in [9.17, 15) is 32.9 Å². The molecule has 10 heteroatoms. The smallest absolute Gasteiger partial charge is 0.322 e. The van der Waals surface area contributed by atoms with E-state index in [1.54, 1.807) is 6.92 Å². The van der Waals surface area contributed by atoms with Crippen molar-refractivity contribution in [2.75, 3.05) is 13.2 Å². The highest BCUT2D eigenvalue weighted by atomic mass is 19.2. The summed E-state index contributed by atoms with van der Waals surface area (Å²) >= 11 is 0. The molecule has 1 aromatic rings. The van der Waals surface area contributed by atoms with Crippen LogP contribution in [0.25, 0.3) is 0 Å². The van der Waals surface area contributed by atoms with E-state index in [1.807, 2.05) is 6.92 Å². The number of hydrogen-bond donors (Lipinski definition) is 0. The maximum absolute atomic E-state index is 14.5. The second kappa shape index (κ2) is 10.5. The maximum atomic E-state index is 14.5. The number of nitrogens with zero attached hydrogens (tertiary/aromatic N) is 2. The van der Waals surface area contributed by atoms with Crippen LogP contribution in [0.15, 0.2) is 4.99 Å². The Kier molecular flexibility index (Phi) is 8.75. The Morgan fingerprint density at radius 2 is 1.82 bits per heavy atom. The molecule has 0 radical (unpaired) electrons. The van der Waals surface area contributed by atoms with Gasteiger partial charge in [-0.1, -0.05) is 20.3 Å². The van der Waals surface area contributed by atoms with Gasteiger partial charge in [0.05, 0.1) is 11.5 Å². The topological polar surface area (TPSA) is 98.9 Å². The normalized spacial score (nSPS) is 12.2. The van der Waals surface area contributed by atoms with Crippen LogP contribution in [0.4, 0.5) is 18.9 Å². The highest BCUT2D eigenvalue weighted by Gasteiger charge is 2.39. The lowest BCUT2D eigenvalue weighted by Crippen LogP contribution is -2.30. The van der Waals surface area contributed by atoms with Crippen LogP contribution in [0, 0.1) is 40.4 Å². The zero-order chi connectivity index (χ0) is 21.4. The van der Waals surface area contributed by atoms with Crippen molar-refractivity contribution in [1.82, 2.24) is 0 Å². The molecule has 0 saturated carbocycles. The van der Waals surface area contributed by atoms with E-state index in [0.29, 0.717) is 12.8 Å². The Morgan fingerprint density at radius 1 is 1.18 bits per heavy atom. The molecule has 0 amide bonds. The van der Waals surface area contributed by atoms with E-state index in [4.69, 9.17) is 4.74 Å². The van der Waals surface area contributed by atoms with Crippen LogP contribution in [-0.2, 0) is 9.53 Å². The Hall–Kier alpha value is -2.78. The summed E-state index contributed by atoms with van der Waals surface area (Å²) in [5, 5.41) is 11.2. The molecule has 1 rings (SSSR count). The van der Waals surface area contributed by atoms with Gasteiger partial charge in [-0.05, 0) is 19.8 Å². The van der Waals surface area contributed by atoms with Gasteiger partial charge in [-0.15, -0.1) is 0 Å². The average Bonchev–Trinajstić information content (AvgIpc) is 2.66. The number of benzene rings is 1. The molecule has 0 aliphatic heterocycles. The monoisotopic (exact) mass is 402 g/mol. The van der Waals surface area contributed by atoms with Crippen LogP contribution >= 0.6 is 0 Å². The molecular formula is C18H21F3N2O5. The van der Waals surface area contributed by atoms with E-state index in [-0.39, 0.29) is 13.2 Å². The van der Waals surface area contributed by atoms with E-state index in [2.05, 4.69) is 4.99 Å². The standard InChI is InChI=1S/C18H21F3N2O5/c1-4-6-7-22-9-11(18(25)28-8-5-2)17(24)12-13(19)10(3)14(20)15(21)16(12)23(26)27/h9,11H,4-8H2,1-3H3. The maximum Gasteiger partial charge on any atom is 0.322 e. The van der Waals surface area contributed by atoms with Gasteiger partial charge in [0.2, 0.25) is 5.82 Å². The minimum absolute atomic E-state index is 0.0488. The number of hydrogen-bond acceptors (Lipinski definition) is 6. The third-order valence-corrected chi connectivity index (χ3v) is 3.82. The van der Waals surface area contributed by atoms with E-state index < -0.39 is 56.9 Å². The second-order valence-corrected chi connectivity index (χ2v) is 5.97. The molecule has 154 valence electrons. The first kappa shape index (κ1) is 23.3. The number of esters is 1. The molecule has 0 bridgehead atoms. The van der Waals surface area contributed by atoms with Gasteiger partial charge in [0, 0.05) is 18.3 Å². The lowest BCUT2D eigenvalue weighted by molar-refractivity contribution is -0.388. The summed E-state index contributed by atoms with van der Waals surface area (Å²) in [6.45, 7) is 4.61. The molecule has 0 fully saturated rings. The predicted molar refractivity (Wildman–Crippen MR) is 95.0 cm³/mol. The zero-order valence-electron chi connectivity index (χ0n) is 15.8. The van der Waals surface area contributed by atoms with Gasteiger partial charge < -0.3 is 4.74 Å². The fraction of sp³-hybridized carbons (Fsp3) is 0.500. The lowest BCUT2D eigenvalue weighted by atomic mass is 9.94. The minimum atomic E-state index is -1.98. The first-order chi connectivity index (χ1) is 13.2. The third kappa shape index (κ3) is 5.14. The van der Waals surface area contributed by atoms with Gasteiger partial charge >= 0.3 is 11.7 Å². The van der Waals surface area contributed by atoms with Gasteiger partial charge in [0.15, 0.2) is 17.5 Å². The Balaban J connectivity index is 3.51. The number of carbonyl (C=O) groups excluding carboxylic acids is 2. The first-order valence-electron chi connectivity index (χ1n) is 8.71. The van der Waals surface area contributed by atoms with Crippen LogP contribution in [-0.4, -0.2) is 36.0 Å². The van der Waals surface area contributed by atoms with Crippen molar-refractivity contribution in [1.29, 1.82) is 0 Å². The van der Waals surface area contributed by atoms with Gasteiger partial charge in [0.25, 0.3) is 0 Å². The Bertz CT molecular complexity index is 796. The molecule has 0 heterocycles. The number of halogens is 3. The molecule has 0 aliphatic carbocycles. The molecule has 1 atom stereocenters. The fourth-order valence-electron chi connectivity index (χ4n) is 2.28. The van der Waals surface area contributed by atoms with Crippen LogP contribution in [0.5, 0.6) is 0 Å². The molecule has 0 N–H and O–H groups in total. The highest BCUT2D eigenvalue weighted by Crippen LogP contribution is 2.32. The van der Waals surface area contributed by atoms with Gasteiger partial charge in [-0.3, -0.25) is 24.7 Å². The van der Waals surface area contributed by atoms with Gasteiger partial charge in [-0.2, -0.15) is 4.39 Å². The van der Waals surface area contributed by atoms with Crippen LogP contribution < -0.4 is 0 Å². The van der Waals surface area contributed by atoms with Crippen molar-refractivity contribution in [2.45, 2.75) is 40.0 Å². The predicted octanol–water partition coefficient (Wildman–Crippen LogP) is 3.94. The zero-order valence-corrected chi connectivity index (χ0v) is 15.8. The molecule has 0 saturated heterocycles. The largest absolute Gasteiger partial charge is 0.465 e. The number of aliphatic imine (C=N–C) groups is 1. The van der Waals surface area contributed by atoms with Crippen molar-refractivity contribution in [3.63, 3.8) is 0 Å². The molecular weight excluding hydrogens is 381 g/mol. The number of nitro benzene ring substituents is 1. The molecule has 0 aromatic heterocycles. The molecule has 0 aliphatic rings. The van der Waals surface area contributed by atoms with Crippen molar-refractivity contribution in [2.24, 2.45) is 10.9 Å². The summed E-state index contributed by atoms with van der Waals surface area (Å²) in [5.74, 6) is -9.71. The fourth-order valence-corrected chi connectivity index (χ4v) is 2.28. The van der Waals surface area contributed by atoms with E-state index >= 15 is 0 Å². The number of unbranched alkanes of at least 4 members (excludes halogenated alkanes) is 1. The highest BCUT2D eigenvalue weighted by molar-refractivity contribution is 6.20. The number of nitro groups is 1. The first-order valence-corrected chi connectivity index (χ1v) is 8.71. The molecule has 7 nitrogen and oxygen atoms in total. The van der Waals surface area contributed by atoms with Crippen molar-refractivity contribution < 1.29 is 32.4 Å². The SMILES string of the molecule is CCCCN=CC(C(=O)OCCC)C(=O)c1c(F)c(C)c(F)c(F)c1[N+](=O)[O-]. The summed E-state index contributed by atoms with van der Waals surface area (Å²) in [4.78, 5) is 38.6.